The molecular formula is C16H14F3N5S. The summed E-state index contributed by atoms with van der Waals surface area (Å²) in [6, 6.07) is 5.89. The molecule has 0 aliphatic carbocycles. The van der Waals surface area contributed by atoms with E-state index in [0.29, 0.717) is 18.7 Å². The van der Waals surface area contributed by atoms with Gasteiger partial charge >= 0.3 is 6.18 Å². The molecule has 0 saturated carbocycles. The van der Waals surface area contributed by atoms with Gasteiger partial charge in [-0.15, -0.1) is 11.3 Å². The number of pyridine rings is 1. The summed E-state index contributed by atoms with van der Waals surface area (Å²) in [4.78, 5) is 17.8. The van der Waals surface area contributed by atoms with Gasteiger partial charge in [0, 0.05) is 43.9 Å². The summed E-state index contributed by atoms with van der Waals surface area (Å²) in [6.45, 7) is 0.490. The highest BCUT2D eigenvalue weighted by molar-refractivity contribution is 7.09. The lowest BCUT2D eigenvalue weighted by atomic mass is 10.3. The van der Waals surface area contributed by atoms with Gasteiger partial charge in [-0.1, -0.05) is 6.07 Å². The maximum atomic E-state index is 13.2. The molecule has 0 unspecified atom stereocenters. The lowest BCUT2D eigenvalue weighted by Crippen LogP contribution is -2.23. The van der Waals surface area contributed by atoms with Crippen molar-refractivity contribution in [1.29, 1.82) is 0 Å². The predicted molar refractivity (Wildman–Crippen MR) is 89.4 cm³/mol. The van der Waals surface area contributed by atoms with Crippen molar-refractivity contribution in [3.8, 4) is 11.5 Å². The van der Waals surface area contributed by atoms with Gasteiger partial charge in [-0.25, -0.2) is 15.0 Å². The lowest BCUT2D eigenvalue weighted by molar-refractivity contribution is -0.141. The Morgan fingerprint density at radius 3 is 2.60 bits per heavy atom. The van der Waals surface area contributed by atoms with Gasteiger partial charge in [0.1, 0.15) is 11.5 Å². The van der Waals surface area contributed by atoms with Crippen molar-refractivity contribution in [2.75, 3.05) is 18.5 Å². The molecular weight excluding hydrogens is 351 g/mol. The zero-order valence-corrected chi connectivity index (χ0v) is 14.1. The molecule has 3 aromatic rings. The molecule has 9 heteroatoms. The third kappa shape index (κ3) is 4.30. The Morgan fingerprint density at radius 2 is 1.96 bits per heavy atom. The van der Waals surface area contributed by atoms with Gasteiger partial charge in [0.05, 0.1) is 5.01 Å². The number of hydrogen-bond acceptors (Lipinski definition) is 6. The number of alkyl halides is 3. The standard InChI is InChI=1S/C16H14F3N5S/c1-24(8-5-14-21-7-9-25-14)13-10-12(16(17,18)19)22-15(23-13)11-4-2-3-6-20-11/h2-4,6-7,9-10H,5,8H2,1H3. The van der Waals surface area contributed by atoms with Crippen LogP contribution in [0.15, 0.2) is 42.0 Å². The first-order chi connectivity index (χ1) is 11.9. The van der Waals surface area contributed by atoms with E-state index in [9.17, 15) is 13.2 Å². The van der Waals surface area contributed by atoms with Crippen LogP contribution in [0.5, 0.6) is 0 Å². The van der Waals surface area contributed by atoms with Crippen LogP contribution in [0, 0.1) is 0 Å². The van der Waals surface area contributed by atoms with Gasteiger partial charge in [-0.05, 0) is 12.1 Å². The summed E-state index contributed by atoms with van der Waals surface area (Å²) < 4.78 is 39.6. The summed E-state index contributed by atoms with van der Waals surface area (Å²) in [5, 5.41) is 2.78. The third-order valence-electron chi connectivity index (χ3n) is 3.43. The van der Waals surface area contributed by atoms with Crippen LogP contribution in [0.3, 0.4) is 0 Å². The molecule has 25 heavy (non-hydrogen) atoms. The van der Waals surface area contributed by atoms with Crippen LogP contribution in [0.25, 0.3) is 11.5 Å². The average molecular weight is 365 g/mol. The fraction of sp³-hybridized carbons (Fsp3) is 0.250. The zero-order chi connectivity index (χ0) is 17.9. The SMILES string of the molecule is CN(CCc1nccs1)c1cc(C(F)(F)F)nc(-c2ccccn2)n1. The third-order valence-corrected chi connectivity index (χ3v) is 4.27. The minimum absolute atomic E-state index is 0.0495. The molecule has 0 aliphatic heterocycles. The van der Waals surface area contributed by atoms with Crippen LogP contribution >= 0.6 is 11.3 Å². The van der Waals surface area contributed by atoms with Crippen LogP contribution in [-0.4, -0.2) is 33.5 Å². The Hall–Kier alpha value is -2.55. The first-order valence-corrected chi connectivity index (χ1v) is 8.28. The van der Waals surface area contributed by atoms with Crippen molar-refractivity contribution in [3.63, 3.8) is 0 Å². The van der Waals surface area contributed by atoms with E-state index in [-0.39, 0.29) is 11.6 Å². The Kier molecular flexibility index (Phi) is 4.93. The fourth-order valence-corrected chi connectivity index (χ4v) is 2.75. The van der Waals surface area contributed by atoms with Crippen LogP contribution in [-0.2, 0) is 12.6 Å². The van der Waals surface area contributed by atoms with Gasteiger partial charge in [0.25, 0.3) is 0 Å². The number of halogens is 3. The molecule has 3 rings (SSSR count). The van der Waals surface area contributed by atoms with E-state index < -0.39 is 11.9 Å². The smallest absolute Gasteiger partial charge is 0.359 e. The largest absolute Gasteiger partial charge is 0.433 e. The van der Waals surface area contributed by atoms with Crippen molar-refractivity contribution in [3.05, 3.63) is 52.7 Å². The molecule has 5 nitrogen and oxygen atoms in total. The molecule has 0 fully saturated rings. The van der Waals surface area contributed by atoms with Crippen molar-refractivity contribution in [2.45, 2.75) is 12.6 Å². The molecule has 0 N–H and O–H groups in total. The van der Waals surface area contributed by atoms with E-state index in [4.69, 9.17) is 0 Å². The minimum atomic E-state index is -4.56. The maximum Gasteiger partial charge on any atom is 0.433 e. The quantitative estimate of drug-likeness (QED) is 0.690. The number of hydrogen-bond donors (Lipinski definition) is 0. The van der Waals surface area contributed by atoms with E-state index in [1.807, 2.05) is 5.38 Å². The predicted octanol–water partition coefficient (Wildman–Crippen LogP) is 3.69. The molecule has 0 saturated heterocycles. The summed E-state index contributed by atoms with van der Waals surface area (Å²) in [5.41, 5.74) is -0.692. The Morgan fingerprint density at radius 1 is 1.12 bits per heavy atom. The maximum absolute atomic E-state index is 13.2. The molecule has 0 spiro atoms. The second-order valence-corrected chi connectivity index (χ2v) is 6.22. The van der Waals surface area contributed by atoms with E-state index >= 15 is 0 Å². The first kappa shape index (κ1) is 17.3. The van der Waals surface area contributed by atoms with Gasteiger partial charge in [-0.2, -0.15) is 13.2 Å². The zero-order valence-electron chi connectivity index (χ0n) is 13.2. The number of rotatable bonds is 5. The highest BCUT2D eigenvalue weighted by Crippen LogP contribution is 2.31. The van der Waals surface area contributed by atoms with Gasteiger partial charge in [-0.3, -0.25) is 4.98 Å². The lowest BCUT2D eigenvalue weighted by Gasteiger charge is -2.19. The number of nitrogens with zero attached hydrogens (tertiary/aromatic N) is 5. The summed E-state index contributed by atoms with van der Waals surface area (Å²) >= 11 is 1.51. The normalized spacial score (nSPS) is 11.5. The second-order valence-electron chi connectivity index (χ2n) is 5.25. The van der Waals surface area contributed by atoms with Gasteiger partial charge in [0.2, 0.25) is 0 Å². The Bertz CT molecular complexity index is 822. The van der Waals surface area contributed by atoms with E-state index in [0.717, 1.165) is 11.1 Å². The Balaban J connectivity index is 1.91. The molecule has 0 bridgehead atoms. The minimum Gasteiger partial charge on any atom is -0.359 e. The van der Waals surface area contributed by atoms with Crippen molar-refractivity contribution in [1.82, 2.24) is 19.9 Å². The highest BCUT2D eigenvalue weighted by atomic mass is 32.1. The second kappa shape index (κ2) is 7.14. The van der Waals surface area contributed by atoms with E-state index in [1.165, 1.54) is 17.5 Å². The first-order valence-electron chi connectivity index (χ1n) is 7.40. The summed E-state index contributed by atoms with van der Waals surface area (Å²) in [7, 11) is 1.69. The number of thiazole rings is 1. The van der Waals surface area contributed by atoms with Crippen LogP contribution in [0.1, 0.15) is 10.7 Å². The monoisotopic (exact) mass is 365 g/mol. The molecule has 0 aliphatic rings. The molecule has 0 amide bonds. The van der Waals surface area contributed by atoms with Crippen LogP contribution < -0.4 is 4.90 Å². The topological polar surface area (TPSA) is 54.8 Å². The number of likely N-dealkylation sites (N-methyl/N-ethyl adjacent to an activating group) is 1. The molecule has 0 radical (unpaired) electrons. The molecule has 3 aromatic heterocycles. The van der Waals surface area contributed by atoms with Crippen molar-refractivity contribution in [2.24, 2.45) is 0 Å². The molecule has 130 valence electrons. The molecule has 0 aromatic carbocycles. The van der Waals surface area contributed by atoms with Gasteiger partial charge in [0.15, 0.2) is 11.5 Å². The van der Waals surface area contributed by atoms with E-state index in [2.05, 4.69) is 19.9 Å². The Labute approximate surface area is 146 Å². The van der Waals surface area contributed by atoms with E-state index in [1.54, 1.807) is 36.3 Å². The van der Waals surface area contributed by atoms with Crippen LogP contribution in [0.4, 0.5) is 19.0 Å². The van der Waals surface area contributed by atoms with Gasteiger partial charge < -0.3 is 4.90 Å². The van der Waals surface area contributed by atoms with Crippen molar-refractivity contribution >= 4 is 17.2 Å². The number of anilines is 1. The fourth-order valence-electron chi connectivity index (χ4n) is 2.14. The summed E-state index contributed by atoms with van der Waals surface area (Å²) in [6.07, 6.45) is -0.744. The summed E-state index contributed by atoms with van der Waals surface area (Å²) in [5.74, 6) is 0.144. The molecule has 3 heterocycles. The van der Waals surface area contributed by atoms with Crippen LogP contribution in [0.2, 0.25) is 0 Å². The highest BCUT2D eigenvalue weighted by Gasteiger charge is 2.34. The number of aromatic nitrogens is 4. The average Bonchev–Trinajstić information content (AvgIpc) is 3.13. The van der Waals surface area contributed by atoms with Crippen molar-refractivity contribution < 1.29 is 13.2 Å². The molecule has 0 atom stereocenters.